The van der Waals surface area contributed by atoms with Gasteiger partial charge in [-0.05, 0) is 36.4 Å². The van der Waals surface area contributed by atoms with E-state index in [2.05, 4.69) is 4.99 Å². The topological polar surface area (TPSA) is 77.8 Å². The summed E-state index contributed by atoms with van der Waals surface area (Å²) < 4.78 is 112. The number of aliphatic carboxylic acids is 1. The Kier molecular flexibility index (Phi) is 5.81. The lowest BCUT2D eigenvalue weighted by atomic mass is 9.96. The van der Waals surface area contributed by atoms with Gasteiger partial charge in [0.15, 0.2) is 0 Å². The van der Waals surface area contributed by atoms with Gasteiger partial charge in [-0.2, -0.15) is 13.2 Å². The zero-order valence-corrected chi connectivity index (χ0v) is 21.4. The Bertz CT molecular complexity index is 1680. The molecule has 0 unspecified atom stereocenters. The number of rotatable bonds is 6. The second kappa shape index (κ2) is 11.2. The molecule has 2 aliphatic rings. The first-order chi connectivity index (χ1) is 21.9. The zero-order valence-electron chi connectivity index (χ0n) is 27.4. The van der Waals surface area contributed by atoms with Crippen molar-refractivity contribution in [3.63, 3.8) is 0 Å². The predicted molar refractivity (Wildman–Crippen MR) is 146 cm³/mol. The number of piperazine rings is 1. The summed E-state index contributed by atoms with van der Waals surface area (Å²) in [4.78, 5) is 21.3. The van der Waals surface area contributed by atoms with Crippen molar-refractivity contribution in [3.05, 3.63) is 77.6 Å². The smallest absolute Gasteiger partial charge is 0.416 e. The summed E-state index contributed by atoms with van der Waals surface area (Å²) in [7, 11) is -5.75. The number of carboxylic acids is 1. The fourth-order valence-electron chi connectivity index (χ4n) is 5.09. The highest BCUT2D eigenvalue weighted by molar-refractivity contribution is 6.02. The highest BCUT2D eigenvalue weighted by atomic mass is 19.4. The van der Waals surface area contributed by atoms with Crippen molar-refractivity contribution < 1.29 is 45.2 Å². The number of anilines is 2. The van der Waals surface area contributed by atoms with Crippen LogP contribution in [-0.4, -0.2) is 62.2 Å². The Morgan fingerprint density at radius 1 is 1.02 bits per heavy atom. The summed E-state index contributed by atoms with van der Waals surface area (Å²) >= 11 is 0. The number of alkyl halides is 3. The van der Waals surface area contributed by atoms with E-state index in [1.807, 2.05) is 4.90 Å². The fourth-order valence-corrected chi connectivity index (χ4v) is 5.09. The van der Waals surface area contributed by atoms with Crippen molar-refractivity contribution in [1.82, 2.24) is 4.90 Å². The van der Waals surface area contributed by atoms with E-state index >= 15 is 4.39 Å². The normalized spacial score (nSPS) is 20.0. The van der Waals surface area contributed by atoms with Crippen molar-refractivity contribution in [2.75, 3.05) is 50.1 Å². The van der Waals surface area contributed by atoms with Gasteiger partial charge in [-0.1, -0.05) is 18.2 Å². The third-order valence-corrected chi connectivity index (χ3v) is 7.00. The number of methoxy groups -OCH3 is 2. The average Bonchev–Trinajstić information content (AvgIpc) is 2.95. The van der Waals surface area contributed by atoms with Crippen LogP contribution in [0, 0.1) is 5.82 Å². The van der Waals surface area contributed by atoms with Gasteiger partial charge in [0, 0.05) is 43.5 Å². The third kappa shape index (κ3) is 5.59. The van der Waals surface area contributed by atoms with Crippen LogP contribution in [0.2, 0.25) is 0 Å². The lowest BCUT2D eigenvalue weighted by Crippen LogP contribution is -2.55. The van der Waals surface area contributed by atoms with E-state index in [1.165, 1.54) is 18.2 Å². The van der Waals surface area contributed by atoms with E-state index < -0.39 is 61.5 Å². The Labute approximate surface area is 242 Å². The minimum absolute atomic E-state index is 0.0677. The van der Waals surface area contributed by atoms with Gasteiger partial charge in [-0.3, -0.25) is 4.79 Å². The fraction of sp³-hybridized carbons (Fsp3) is 0.310. The molecule has 1 N–H and O–H groups in total. The maximum absolute atomic E-state index is 15.2. The van der Waals surface area contributed by atoms with E-state index in [1.54, 1.807) is 23.1 Å². The Balaban J connectivity index is 1.59. The van der Waals surface area contributed by atoms with Crippen LogP contribution in [0.4, 0.5) is 34.6 Å². The van der Waals surface area contributed by atoms with Gasteiger partial charge in [-0.25, -0.2) is 9.38 Å². The van der Waals surface area contributed by atoms with Crippen LogP contribution in [0.5, 0.6) is 11.5 Å². The molecule has 1 saturated heterocycles. The van der Waals surface area contributed by atoms with E-state index in [0.29, 0.717) is 17.8 Å². The van der Waals surface area contributed by atoms with Crippen LogP contribution >= 0.6 is 0 Å². The van der Waals surface area contributed by atoms with Crippen LogP contribution in [0.3, 0.4) is 0 Å². The standard InChI is InChI=1S/C29H28F4N4O4/c1-40-20-6-3-5-19(16-20)35-11-13-36(14-12-35)28-34-27-21(7-4-8-22(27)30)23(17-26(38)39)37(28)24-15-18(29(31,32)33)9-10-25(24)41-2/h3-10,15-16,23H,11-14,17H2,1-2H3,(H,38,39)/t23-/m0/s1/i1D3,2D3. The molecule has 0 radical (unpaired) electrons. The number of fused-ring (bicyclic) bond motifs is 1. The van der Waals surface area contributed by atoms with Crippen molar-refractivity contribution in [1.29, 1.82) is 0 Å². The minimum atomic E-state index is -4.86. The lowest BCUT2D eigenvalue weighted by molar-refractivity contribution is -0.138. The highest BCUT2D eigenvalue weighted by Crippen LogP contribution is 2.46. The second-order valence-electron chi connectivity index (χ2n) is 9.43. The van der Waals surface area contributed by atoms with Gasteiger partial charge in [0.1, 0.15) is 23.0 Å². The maximum Gasteiger partial charge on any atom is 0.416 e. The molecule has 3 aromatic rings. The number of guanidine groups is 1. The second-order valence-corrected chi connectivity index (χ2v) is 9.43. The van der Waals surface area contributed by atoms with Gasteiger partial charge in [0.05, 0.1) is 46.0 Å². The number of hydrogen-bond acceptors (Lipinski definition) is 7. The van der Waals surface area contributed by atoms with Crippen LogP contribution < -0.4 is 19.3 Å². The van der Waals surface area contributed by atoms with Gasteiger partial charge >= 0.3 is 12.1 Å². The minimum Gasteiger partial charge on any atom is -0.497 e. The molecule has 2 heterocycles. The number of para-hydroxylation sites is 1. The molecule has 1 fully saturated rings. The Morgan fingerprint density at radius 2 is 1.76 bits per heavy atom. The van der Waals surface area contributed by atoms with Gasteiger partial charge in [0.25, 0.3) is 0 Å². The number of nitrogens with zero attached hydrogens (tertiary/aromatic N) is 4. The summed E-state index contributed by atoms with van der Waals surface area (Å²) in [6.45, 7) is 0.855. The molecule has 12 heteroatoms. The van der Waals surface area contributed by atoms with E-state index in [0.717, 1.165) is 17.0 Å². The molecule has 0 bridgehead atoms. The first-order valence-electron chi connectivity index (χ1n) is 15.5. The van der Waals surface area contributed by atoms with Crippen LogP contribution in [-0.2, 0) is 11.0 Å². The largest absolute Gasteiger partial charge is 0.497 e. The van der Waals surface area contributed by atoms with Crippen molar-refractivity contribution in [3.8, 4) is 11.5 Å². The zero-order chi connectivity index (χ0) is 34.3. The average molecular weight is 579 g/mol. The molecule has 41 heavy (non-hydrogen) atoms. The van der Waals surface area contributed by atoms with Crippen molar-refractivity contribution in [2.24, 2.45) is 4.99 Å². The van der Waals surface area contributed by atoms with E-state index in [-0.39, 0.29) is 49.1 Å². The molecule has 0 spiro atoms. The van der Waals surface area contributed by atoms with Crippen LogP contribution in [0.1, 0.15) is 31.8 Å². The molecular weight excluding hydrogens is 544 g/mol. The number of hydrogen-bond donors (Lipinski definition) is 1. The molecule has 3 aromatic carbocycles. The summed E-state index contributed by atoms with van der Waals surface area (Å²) in [5.41, 5.74) is -1.09. The summed E-state index contributed by atoms with van der Waals surface area (Å²) in [6, 6.07) is 11.1. The molecule has 0 aliphatic carbocycles. The Hall–Kier alpha value is -4.48. The molecular formula is C29H28F4N4O4. The SMILES string of the molecule is [2H]C([2H])([2H])Oc1cccc(N2CCN(C3=Nc4c(F)cccc4[C@H](CC(=O)O)N3c3cc(C(F)(F)F)ccc3OC([2H])([2H])[2H])CC2)c1. The van der Waals surface area contributed by atoms with Gasteiger partial charge < -0.3 is 29.3 Å². The molecule has 0 aromatic heterocycles. The molecule has 0 amide bonds. The molecule has 5 rings (SSSR count). The third-order valence-electron chi connectivity index (χ3n) is 7.00. The van der Waals surface area contributed by atoms with E-state index in [4.69, 9.17) is 17.7 Å². The summed E-state index contributed by atoms with van der Waals surface area (Å²) in [5, 5.41) is 9.89. The number of ether oxygens (including phenoxy) is 2. The molecule has 1 atom stereocenters. The van der Waals surface area contributed by atoms with E-state index in [9.17, 15) is 23.1 Å². The quantitative estimate of drug-likeness (QED) is 0.376. The maximum atomic E-state index is 15.2. The Morgan fingerprint density at radius 3 is 2.46 bits per heavy atom. The molecule has 8 nitrogen and oxygen atoms in total. The first kappa shape index (κ1) is 21.3. The predicted octanol–water partition coefficient (Wildman–Crippen LogP) is 5.71. The number of carboxylic acid groups (broad SMARTS) is 1. The summed E-state index contributed by atoms with van der Waals surface area (Å²) in [5.74, 6) is -2.63. The number of carbonyl (C=O) groups is 1. The van der Waals surface area contributed by atoms with Crippen molar-refractivity contribution in [2.45, 2.75) is 18.6 Å². The molecule has 216 valence electrons. The lowest BCUT2D eigenvalue weighted by Gasteiger charge is -2.45. The van der Waals surface area contributed by atoms with Crippen molar-refractivity contribution >= 4 is 29.0 Å². The van der Waals surface area contributed by atoms with Gasteiger partial charge in [0.2, 0.25) is 5.96 Å². The highest BCUT2D eigenvalue weighted by Gasteiger charge is 2.40. The number of halogens is 4. The number of benzene rings is 3. The van der Waals surface area contributed by atoms with Gasteiger partial charge in [-0.15, -0.1) is 0 Å². The van der Waals surface area contributed by atoms with Crippen LogP contribution in [0.25, 0.3) is 0 Å². The monoisotopic (exact) mass is 578 g/mol. The van der Waals surface area contributed by atoms with Crippen LogP contribution in [0.15, 0.2) is 65.7 Å². The molecule has 0 saturated carbocycles. The first-order valence-corrected chi connectivity index (χ1v) is 12.5. The summed E-state index contributed by atoms with van der Waals surface area (Å²) in [6.07, 6.45) is -5.58. The number of aliphatic imine (C=N–C) groups is 1. The molecule has 2 aliphatic heterocycles.